The fourth-order valence-electron chi connectivity index (χ4n) is 1.92. The van der Waals surface area contributed by atoms with Gasteiger partial charge in [0.15, 0.2) is 11.5 Å². The smallest absolute Gasteiger partial charge is 0.356 e. The molecule has 2 aromatic rings. The second-order valence-electron chi connectivity index (χ2n) is 4.38. The second-order valence-corrected chi connectivity index (χ2v) is 4.38. The van der Waals surface area contributed by atoms with Crippen LogP contribution >= 0.6 is 0 Å². The topological polar surface area (TPSA) is 44.1 Å². The zero-order chi connectivity index (χ0) is 15.4. The highest BCUT2D eigenvalue weighted by atomic mass is 19.1. The summed E-state index contributed by atoms with van der Waals surface area (Å²) in [4.78, 5) is 16.1. The van der Waals surface area contributed by atoms with Crippen LogP contribution in [0.25, 0.3) is 0 Å². The highest BCUT2D eigenvalue weighted by Gasteiger charge is 2.18. The molecule has 1 aromatic heterocycles. The average molecular weight is 286 g/mol. The van der Waals surface area contributed by atoms with Gasteiger partial charge >= 0.3 is 5.97 Å². The summed E-state index contributed by atoms with van der Waals surface area (Å²) >= 11 is 0. The largest absolute Gasteiger partial charge is 0.461 e. The minimum atomic E-state index is -0.441. The lowest BCUT2D eigenvalue weighted by molar-refractivity contribution is 0.0514. The third kappa shape index (κ3) is 3.11. The van der Waals surface area contributed by atoms with Crippen LogP contribution in [0.4, 0.5) is 4.39 Å². The number of imidazole rings is 1. The number of hydrogen-bond acceptors (Lipinski definition) is 3. The lowest BCUT2D eigenvalue weighted by atomic mass is 10.2. The van der Waals surface area contributed by atoms with Crippen LogP contribution in [-0.2, 0) is 11.8 Å². The number of carbonyl (C=O) groups is 1. The number of aromatic nitrogens is 2. The van der Waals surface area contributed by atoms with Crippen molar-refractivity contribution in [1.82, 2.24) is 9.55 Å². The quantitative estimate of drug-likeness (QED) is 0.629. The van der Waals surface area contributed by atoms with Gasteiger partial charge in [-0.05, 0) is 31.9 Å². The highest BCUT2D eigenvalue weighted by Crippen LogP contribution is 2.11. The molecular weight excluding hydrogens is 271 g/mol. The Morgan fingerprint density at radius 2 is 2.10 bits per heavy atom. The van der Waals surface area contributed by atoms with E-state index in [1.807, 2.05) is 0 Å². The normalized spacial score (nSPS) is 9.90. The molecule has 0 saturated heterocycles. The first-order chi connectivity index (χ1) is 10.0. The number of rotatable bonds is 2. The summed E-state index contributed by atoms with van der Waals surface area (Å²) in [5, 5.41) is 0. The van der Waals surface area contributed by atoms with Crippen molar-refractivity contribution in [3.63, 3.8) is 0 Å². The molecule has 0 unspecified atom stereocenters. The van der Waals surface area contributed by atoms with Crippen molar-refractivity contribution in [3.05, 3.63) is 52.9 Å². The van der Waals surface area contributed by atoms with Gasteiger partial charge in [-0.2, -0.15) is 0 Å². The summed E-state index contributed by atoms with van der Waals surface area (Å²) < 4.78 is 20.0. The molecule has 5 heteroatoms. The average Bonchev–Trinajstić information content (AvgIpc) is 2.73. The van der Waals surface area contributed by atoms with Gasteiger partial charge in [0, 0.05) is 7.05 Å². The van der Waals surface area contributed by atoms with E-state index in [0.29, 0.717) is 23.8 Å². The number of aryl methyl sites for hydroxylation is 1. The van der Waals surface area contributed by atoms with Gasteiger partial charge in [0.05, 0.1) is 17.9 Å². The summed E-state index contributed by atoms with van der Waals surface area (Å²) in [6.45, 7) is 3.74. The Labute approximate surface area is 122 Å². The first kappa shape index (κ1) is 14.8. The van der Waals surface area contributed by atoms with E-state index in [1.54, 1.807) is 43.7 Å². The standard InChI is InChI=1S/C16H15FN2O2/c1-4-21-16(20)15-11(2)18-14(19(15)3)10-9-12-7-5-6-8-13(12)17/h5-8H,4H2,1-3H3. The summed E-state index contributed by atoms with van der Waals surface area (Å²) in [6, 6.07) is 6.24. The number of carbonyl (C=O) groups excluding carboxylic acids is 1. The van der Waals surface area contributed by atoms with Crippen molar-refractivity contribution in [1.29, 1.82) is 0 Å². The molecule has 0 fully saturated rings. The molecule has 0 aliphatic rings. The van der Waals surface area contributed by atoms with Gasteiger partial charge < -0.3 is 9.30 Å². The van der Waals surface area contributed by atoms with Crippen molar-refractivity contribution in [3.8, 4) is 11.8 Å². The second kappa shape index (κ2) is 6.23. The minimum Gasteiger partial charge on any atom is -0.461 e. The third-order valence-corrected chi connectivity index (χ3v) is 2.92. The van der Waals surface area contributed by atoms with Crippen molar-refractivity contribution in [2.45, 2.75) is 13.8 Å². The van der Waals surface area contributed by atoms with Gasteiger partial charge in [-0.15, -0.1) is 0 Å². The van der Waals surface area contributed by atoms with Crippen LogP contribution in [0.15, 0.2) is 24.3 Å². The van der Waals surface area contributed by atoms with E-state index < -0.39 is 5.97 Å². The van der Waals surface area contributed by atoms with E-state index in [4.69, 9.17) is 4.74 Å². The van der Waals surface area contributed by atoms with Crippen LogP contribution in [0.1, 0.15) is 34.5 Å². The molecule has 0 aliphatic heterocycles. The predicted molar refractivity (Wildman–Crippen MR) is 76.3 cm³/mol. The van der Waals surface area contributed by atoms with Crippen LogP contribution in [0.2, 0.25) is 0 Å². The van der Waals surface area contributed by atoms with Gasteiger partial charge in [0.1, 0.15) is 5.82 Å². The fraction of sp³-hybridized carbons (Fsp3) is 0.250. The third-order valence-electron chi connectivity index (χ3n) is 2.92. The van der Waals surface area contributed by atoms with E-state index in [1.165, 1.54) is 6.07 Å². The van der Waals surface area contributed by atoms with E-state index in [9.17, 15) is 9.18 Å². The first-order valence-corrected chi connectivity index (χ1v) is 6.51. The minimum absolute atomic E-state index is 0.288. The van der Waals surface area contributed by atoms with Gasteiger partial charge in [-0.3, -0.25) is 0 Å². The molecule has 0 N–H and O–H groups in total. The fourth-order valence-corrected chi connectivity index (χ4v) is 1.92. The SMILES string of the molecule is CCOC(=O)c1c(C)nc(C#Cc2ccccc2F)n1C. The molecule has 0 bridgehead atoms. The Balaban J connectivity index is 2.38. The van der Waals surface area contributed by atoms with Gasteiger partial charge in [-0.25, -0.2) is 14.2 Å². The molecule has 0 radical (unpaired) electrons. The Kier molecular flexibility index (Phi) is 4.39. The van der Waals surface area contributed by atoms with Gasteiger partial charge in [0.2, 0.25) is 0 Å². The Morgan fingerprint density at radius 1 is 1.38 bits per heavy atom. The van der Waals surface area contributed by atoms with Crippen molar-refractivity contribution in [2.24, 2.45) is 7.05 Å². The van der Waals surface area contributed by atoms with Crippen LogP contribution < -0.4 is 0 Å². The van der Waals surface area contributed by atoms with Crippen molar-refractivity contribution < 1.29 is 13.9 Å². The molecule has 21 heavy (non-hydrogen) atoms. The van der Waals surface area contributed by atoms with E-state index in [2.05, 4.69) is 16.8 Å². The number of nitrogens with zero attached hydrogens (tertiary/aromatic N) is 2. The molecule has 4 nitrogen and oxygen atoms in total. The zero-order valence-corrected chi connectivity index (χ0v) is 12.1. The molecule has 1 heterocycles. The van der Waals surface area contributed by atoms with Gasteiger partial charge in [-0.1, -0.05) is 18.1 Å². The van der Waals surface area contributed by atoms with Crippen LogP contribution in [0.5, 0.6) is 0 Å². The zero-order valence-electron chi connectivity index (χ0n) is 12.1. The van der Waals surface area contributed by atoms with Crippen LogP contribution in [0, 0.1) is 24.6 Å². The van der Waals surface area contributed by atoms with E-state index in [0.717, 1.165) is 0 Å². The summed E-state index contributed by atoms with van der Waals surface area (Å²) in [5.74, 6) is 5.06. The van der Waals surface area contributed by atoms with Crippen molar-refractivity contribution >= 4 is 5.97 Å². The number of esters is 1. The molecular formula is C16H15FN2O2. The van der Waals surface area contributed by atoms with E-state index >= 15 is 0 Å². The van der Waals surface area contributed by atoms with E-state index in [-0.39, 0.29) is 11.4 Å². The lowest BCUT2D eigenvalue weighted by Crippen LogP contribution is -2.11. The number of ether oxygens (including phenoxy) is 1. The molecule has 0 spiro atoms. The van der Waals surface area contributed by atoms with Gasteiger partial charge in [0.25, 0.3) is 0 Å². The van der Waals surface area contributed by atoms with Crippen LogP contribution in [-0.4, -0.2) is 22.1 Å². The Morgan fingerprint density at radius 3 is 2.76 bits per heavy atom. The molecule has 0 atom stereocenters. The number of hydrogen-bond donors (Lipinski definition) is 0. The predicted octanol–water partition coefficient (Wildman–Crippen LogP) is 2.44. The summed E-state index contributed by atoms with van der Waals surface area (Å²) in [6.07, 6.45) is 0. The molecule has 0 saturated carbocycles. The number of halogens is 1. The maximum absolute atomic E-state index is 13.5. The van der Waals surface area contributed by atoms with Crippen molar-refractivity contribution in [2.75, 3.05) is 6.61 Å². The first-order valence-electron chi connectivity index (χ1n) is 6.51. The maximum Gasteiger partial charge on any atom is 0.356 e. The molecule has 0 amide bonds. The Bertz CT molecular complexity index is 738. The highest BCUT2D eigenvalue weighted by molar-refractivity contribution is 5.89. The Hall–Kier alpha value is -2.61. The maximum atomic E-state index is 13.5. The lowest BCUT2D eigenvalue weighted by Gasteiger charge is -2.03. The summed E-state index contributed by atoms with van der Waals surface area (Å²) in [5.41, 5.74) is 1.18. The molecule has 2 rings (SSSR count). The monoisotopic (exact) mass is 286 g/mol. The van der Waals surface area contributed by atoms with Crippen LogP contribution in [0.3, 0.4) is 0 Å². The molecule has 0 aliphatic carbocycles. The number of benzene rings is 1. The molecule has 1 aromatic carbocycles. The molecule has 108 valence electrons. The summed E-state index contributed by atoms with van der Waals surface area (Å²) in [7, 11) is 1.68.